The Bertz CT molecular complexity index is 318. The molecule has 15 heavy (non-hydrogen) atoms. The first-order valence-corrected chi connectivity index (χ1v) is 6.15. The lowest BCUT2D eigenvalue weighted by molar-refractivity contribution is -0.144. The van der Waals surface area contributed by atoms with Crippen molar-refractivity contribution in [3.63, 3.8) is 0 Å². The molecule has 5 atom stereocenters. The highest BCUT2D eigenvalue weighted by molar-refractivity contribution is 5.77. The molecule has 0 amide bonds. The van der Waals surface area contributed by atoms with Crippen LogP contribution < -0.4 is 0 Å². The summed E-state index contributed by atoms with van der Waals surface area (Å²) in [6.07, 6.45) is 1.31. The molecule has 5 unspecified atom stereocenters. The van der Waals surface area contributed by atoms with Crippen molar-refractivity contribution in [2.75, 3.05) is 0 Å². The van der Waals surface area contributed by atoms with Gasteiger partial charge in [-0.25, -0.2) is 0 Å². The average molecular weight is 208 g/mol. The first-order valence-electron chi connectivity index (χ1n) is 6.15. The van der Waals surface area contributed by atoms with Gasteiger partial charge < -0.3 is 4.74 Å². The Morgan fingerprint density at radius 2 is 2.07 bits per heavy atom. The van der Waals surface area contributed by atoms with Crippen LogP contribution in [0.3, 0.4) is 0 Å². The fourth-order valence-corrected chi connectivity index (χ4v) is 4.72. The third-order valence-electron chi connectivity index (χ3n) is 5.28. The van der Waals surface area contributed by atoms with Crippen molar-refractivity contribution in [3.05, 3.63) is 0 Å². The van der Waals surface area contributed by atoms with Gasteiger partial charge in [-0.3, -0.25) is 4.79 Å². The molecule has 0 aromatic carbocycles. The van der Waals surface area contributed by atoms with Crippen LogP contribution in [0.15, 0.2) is 0 Å². The van der Waals surface area contributed by atoms with Gasteiger partial charge in [0.2, 0.25) is 0 Å². The summed E-state index contributed by atoms with van der Waals surface area (Å²) in [4.78, 5) is 11.7. The summed E-state index contributed by atoms with van der Waals surface area (Å²) in [6, 6.07) is 0. The molecule has 2 bridgehead atoms. The summed E-state index contributed by atoms with van der Waals surface area (Å²) in [7, 11) is 0. The highest BCUT2D eigenvalue weighted by atomic mass is 16.6. The van der Waals surface area contributed by atoms with E-state index in [0.29, 0.717) is 29.1 Å². The lowest BCUT2D eigenvalue weighted by Gasteiger charge is -2.29. The Labute approximate surface area is 91.4 Å². The Morgan fingerprint density at radius 1 is 1.40 bits per heavy atom. The normalized spacial score (nSPS) is 50.2. The average Bonchev–Trinajstić information content (AvgIpc) is 2.58. The van der Waals surface area contributed by atoms with Crippen molar-refractivity contribution in [1.29, 1.82) is 0 Å². The molecule has 3 aliphatic rings. The van der Waals surface area contributed by atoms with Crippen LogP contribution in [0.5, 0.6) is 0 Å². The first-order chi connectivity index (χ1) is 6.94. The van der Waals surface area contributed by atoms with Crippen LogP contribution >= 0.6 is 0 Å². The summed E-state index contributed by atoms with van der Waals surface area (Å²) < 4.78 is 5.61. The van der Waals surface area contributed by atoms with E-state index in [0.717, 1.165) is 6.42 Å². The maximum Gasteiger partial charge on any atom is 0.309 e. The van der Waals surface area contributed by atoms with Crippen molar-refractivity contribution in [3.8, 4) is 0 Å². The van der Waals surface area contributed by atoms with Crippen LogP contribution in [0.4, 0.5) is 0 Å². The number of fused-ring (bicyclic) bond motifs is 1. The summed E-state index contributed by atoms with van der Waals surface area (Å²) >= 11 is 0. The molecule has 3 fully saturated rings. The standard InChI is InChI=1S/C13H20O2/c1-6(2)9-8-5-7-10(13(8,3)4)11(9)15-12(7)14/h6-11H,5H2,1-4H3. The predicted octanol–water partition coefficient (Wildman–Crippen LogP) is 2.48. The number of hydrogen-bond acceptors (Lipinski definition) is 2. The minimum Gasteiger partial charge on any atom is -0.461 e. The van der Waals surface area contributed by atoms with E-state index in [1.54, 1.807) is 0 Å². The fourth-order valence-electron chi connectivity index (χ4n) is 4.72. The zero-order chi connectivity index (χ0) is 11.0. The molecular weight excluding hydrogens is 188 g/mol. The number of rotatable bonds is 1. The van der Waals surface area contributed by atoms with Gasteiger partial charge in [-0.05, 0) is 23.7 Å². The first kappa shape index (κ1) is 9.68. The predicted molar refractivity (Wildman–Crippen MR) is 57.1 cm³/mol. The molecule has 0 aromatic rings. The summed E-state index contributed by atoms with van der Waals surface area (Å²) in [5, 5.41) is 0. The van der Waals surface area contributed by atoms with Gasteiger partial charge in [0.1, 0.15) is 6.10 Å². The second-order valence-corrected chi connectivity index (χ2v) is 6.52. The van der Waals surface area contributed by atoms with E-state index in [1.807, 2.05) is 0 Å². The maximum absolute atomic E-state index is 11.7. The number of hydrogen-bond donors (Lipinski definition) is 0. The third-order valence-corrected chi connectivity index (χ3v) is 5.28. The molecule has 0 spiro atoms. The molecule has 2 heteroatoms. The topological polar surface area (TPSA) is 26.3 Å². The Balaban J connectivity index is 2.05. The molecule has 0 radical (unpaired) electrons. The molecule has 0 aromatic heterocycles. The van der Waals surface area contributed by atoms with Crippen LogP contribution in [0, 0.1) is 35.0 Å². The number of ether oxygens (including phenoxy) is 1. The van der Waals surface area contributed by atoms with Crippen LogP contribution in [-0.4, -0.2) is 12.1 Å². The minimum atomic E-state index is 0.0868. The highest BCUT2D eigenvalue weighted by Gasteiger charge is 2.70. The quantitative estimate of drug-likeness (QED) is 0.619. The smallest absolute Gasteiger partial charge is 0.309 e. The van der Waals surface area contributed by atoms with Gasteiger partial charge >= 0.3 is 5.97 Å². The Morgan fingerprint density at radius 3 is 2.67 bits per heavy atom. The lowest BCUT2D eigenvalue weighted by atomic mass is 9.76. The highest BCUT2D eigenvalue weighted by Crippen LogP contribution is 2.67. The fraction of sp³-hybridized carbons (Fsp3) is 0.923. The van der Waals surface area contributed by atoms with Crippen molar-refractivity contribution in [2.24, 2.45) is 35.0 Å². The molecule has 1 heterocycles. The summed E-state index contributed by atoms with van der Waals surface area (Å²) in [5.74, 6) is 2.75. The molecule has 1 saturated heterocycles. The molecule has 2 saturated carbocycles. The Kier molecular flexibility index (Phi) is 1.67. The van der Waals surface area contributed by atoms with Crippen LogP contribution in [0.2, 0.25) is 0 Å². The molecule has 1 aliphatic heterocycles. The van der Waals surface area contributed by atoms with Gasteiger partial charge in [-0.15, -0.1) is 0 Å². The zero-order valence-corrected chi connectivity index (χ0v) is 9.99. The Hall–Kier alpha value is -0.530. The molecule has 3 rings (SSSR count). The van der Waals surface area contributed by atoms with Gasteiger partial charge in [0.15, 0.2) is 0 Å². The van der Waals surface area contributed by atoms with Gasteiger partial charge in [-0.1, -0.05) is 27.7 Å². The molecular formula is C13H20O2. The number of carbonyl (C=O) groups is 1. The second kappa shape index (κ2) is 2.58. The van der Waals surface area contributed by atoms with Crippen LogP contribution in [-0.2, 0) is 9.53 Å². The summed E-state index contributed by atoms with van der Waals surface area (Å²) in [5.41, 5.74) is 0.316. The van der Waals surface area contributed by atoms with Gasteiger partial charge in [-0.2, -0.15) is 0 Å². The van der Waals surface area contributed by atoms with E-state index < -0.39 is 0 Å². The monoisotopic (exact) mass is 208 g/mol. The lowest BCUT2D eigenvalue weighted by Crippen LogP contribution is -2.30. The van der Waals surface area contributed by atoms with Gasteiger partial charge in [0.25, 0.3) is 0 Å². The van der Waals surface area contributed by atoms with E-state index in [4.69, 9.17) is 4.74 Å². The summed E-state index contributed by atoms with van der Waals surface area (Å²) in [6.45, 7) is 9.20. The minimum absolute atomic E-state index is 0.0868. The van der Waals surface area contributed by atoms with Crippen LogP contribution in [0.25, 0.3) is 0 Å². The van der Waals surface area contributed by atoms with E-state index >= 15 is 0 Å². The number of esters is 1. The van der Waals surface area contributed by atoms with Gasteiger partial charge in [0, 0.05) is 11.8 Å². The molecule has 0 N–H and O–H groups in total. The third kappa shape index (κ3) is 0.938. The largest absolute Gasteiger partial charge is 0.461 e. The van der Waals surface area contributed by atoms with E-state index in [1.165, 1.54) is 0 Å². The number of carbonyl (C=O) groups excluding carboxylic acids is 1. The van der Waals surface area contributed by atoms with Crippen molar-refractivity contribution >= 4 is 5.97 Å². The maximum atomic E-state index is 11.7. The SMILES string of the molecule is CC(C)C1C2OC(=O)C3CC1C(C)(C)C32. The van der Waals surface area contributed by atoms with E-state index in [2.05, 4.69) is 27.7 Å². The molecule has 2 aliphatic carbocycles. The van der Waals surface area contributed by atoms with Crippen molar-refractivity contribution < 1.29 is 9.53 Å². The van der Waals surface area contributed by atoms with E-state index in [-0.39, 0.29) is 18.0 Å². The zero-order valence-electron chi connectivity index (χ0n) is 9.99. The van der Waals surface area contributed by atoms with E-state index in [9.17, 15) is 4.79 Å². The van der Waals surface area contributed by atoms with Gasteiger partial charge in [0.05, 0.1) is 5.92 Å². The van der Waals surface area contributed by atoms with Crippen molar-refractivity contribution in [2.45, 2.75) is 40.2 Å². The molecule has 2 nitrogen and oxygen atoms in total. The van der Waals surface area contributed by atoms with Crippen molar-refractivity contribution in [1.82, 2.24) is 0 Å². The molecule has 84 valence electrons. The van der Waals surface area contributed by atoms with Crippen LogP contribution in [0.1, 0.15) is 34.1 Å². The second-order valence-electron chi connectivity index (χ2n) is 6.52.